The summed E-state index contributed by atoms with van der Waals surface area (Å²) in [6.45, 7) is 33.6. The first kappa shape index (κ1) is 30.9. The lowest BCUT2D eigenvalue weighted by atomic mass is 9.99. The fraction of sp³-hybridized carbons (Fsp3) is 1.00. The Morgan fingerprint density at radius 1 is 0.469 bits per heavy atom. The molecule has 0 amide bonds. The monoisotopic (exact) mass is 540 g/mol. The maximum Gasteiger partial charge on any atom is 0.187 e. The van der Waals surface area contributed by atoms with Gasteiger partial charge >= 0.3 is 0 Å². The van der Waals surface area contributed by atoms with E-state index in [1.165, 1.54) is 0 Å². The average Bonchev–Trinajstić information content (AvgIpc) is 2.45. The molecule has 1 fully saturated rings. The summed E-state index contributed by atoms with van der Waals surface area (Å²) in [5.41, 5.74) is 0. The first-order valence-electron chi connectivity index (χ1n) is 12.0. The van der Waals surface area contributed by atoms with Gasteiger partial charge in [0, 0.05) is 0 Å². The van der Waals surface area contributed by atoms with Crippen LogP contribution in [0.2, 0.25) is 98.2 Å². The van der Waals surface area contributed by atoms with Gasteiger partial charge in [0.15, 0.2) is 47.9 Å². The minimum absolute atomic E-state index is 0.243. The molecule has 1 saturated heterocycles. The van der Waals surface area contributed by atoms with Gasteiger partial charge in [0.05, 0.1) is 6.61 Å². The van der Waals surface area contributed by atoms with Crippen LogP contribution in [-0.2, 0) is 26.9 Å². The summed E-state index contributed by atoms with van der Waals surface area (Å²) in [6, 6.07) is 0. The van der Waals surface area contributed by atoms with E-state index in [0.29, 0.717) is 6.61 Å². The van der Waals surface area contributed by atoms with E-state index in [-0.39, 0.29) is 24.4 Å². The molecule has 192 valence electrons. The van der Waals surface area contributed by atoms with E-state index in [0.717, 1.165) is 0 Å². The van der Waals surface area contributed by atoms with Crippen molar-refractivity contribution < 1.29 is 26.9 Å². The lowest BCUT2D eigenvalue weighted by Gasteiger charge is -2.51. The summed E-state index contributed by atoms with van der Waals surface area (Å²) in [6.07, 6.45) is -1.54. The zero-order valence-corrected chi connectivity index (χ0v) is 28.5. The summed E-state index contributed by atoms with van der Waals surface area (Å²) in [5.74, 6) is 0. The molecule has 0 spiro atoms. The summed E-state index contributed by atoms with van der Waals surface area (Å²) >= 11 is 0. The maximum absolute atomic E-state index is 6.85. The molecule has 3 unspecified atom stereocenters. The molecule has 1 aliphatic rings. The smallest absolute Gasteiger partial charge is 0.187 e. The van der Waals surface area contributed by atoms with Crippen molar-refractivity contribution in [2.45, 2.75) is 129 Å². The van der Waals surface area contributed by atoms with Crippen LogP contribution in [0.15, 0.2) is 0 Å². The quantitative estimate of drug-likeness (QED) is 0.296. The molecule has 0 aromatic rings. The van der Waals surface area contributed by atoms with Gasteiger partial charge in [0.2, 0.25) is 0 Å². The molecule has 0 aromatic heterocycles. The average molecular weight is 541 g/mol. The minimum Gasteiger partial charge on any atom is -0.415 e. The SMILES string of the molecule is C[Si](C)(C)OCC1OC(O[Si](C)(C)C)C(O[Si](C)(C)C)[C@@H](O[Si](C)(C)C)[C@@H]1O[Si](C)(C)C. The van der Waals surface area contributed by atoms with E-state index in [4.69, 9.17) is 26.9 Å². The van der Waals surface area contributed by atoms with E-state index in [1.807, 2.05) is 0 Å². The molecular weight excluding hydrogens is 489 g/mol. The summed E-state index contributed by atoms with van der Waals surface area (Å²) in [7, 11) is -9.37. The van der Waals surface area contributed by atoms with Crippen LogP contribution >= 0.6 is 0 Å². The highest BCUT2D eigenvalue weighted by Crippen LogP contribution is 2.35. The molecule has 0 aliphatic carbocycles. The molecule has 1 aliphatic heterocycles. The van der Waals surface area contributed by atoms with Gasteiger partial charge in [-0.15, -0.1) is 0 Å². The Bertz CT molecular complexity index is 586. The van der Waals surface area contributed by atoms with Crippen LogP contribution in [0, 0.1) is 0 Å². The lowest BCUT2D eigenvalue weighted by molar-refractivity contribution is -0.268. The Balaban J connectivity index is 3.50. The molecule has 1 rings (SSSR count). The molecule has 0 N–H and O–H groups in total. The van der Waals surface area contributed by atoms with Crippen LogP contribution in [0.25, 0.3) is 0 Å². The van der Waals surface area contributed by atoms with Gasteiger partial charge in [0.1, 0.15) is 24.4 Å². The minimum atomic E-state index is -1.92. The van der Waals surface area contributed by atoms with Crippen LogP contribution in [-0.4, -0.2) is 78.9 Å². The maximum atomic E-state index is 6.85. The highest BCUT2D eigenvalue weighted by atomic mass is 28.4. The van der Waals surface area contributed by atoms with Gasteiger partial charge in [-0.05, 0) is 98.2 Å². The largest absolute Gasteiger partial charge is 0.415 e. The molecule has 0 bridgehead atoms. The fourth-order valence-electron chi connectivity index (χ4n) is 3.41. The Labute approximate surface area is 203 Å². The molecule has 0 radical (unpaired) electrons. The molecule has 6 nitrogen and oxygen atoms in total. The van der Waals surface area contributed by atoms with Crippen LogP contribution in [0.4, 0.5) is 0 Å². The van der Waals surface area contributed by atoms with E-state index < -0.39 is 47.9 Å². The third kappa shape index (κ3) is 12.5. The fourth-order valence-corrected chi connectivity index (χ4v) is 8.21. The zero-order chi connectivity index (χ0) is 25.3. The van der Waals surface area contributed by atoms with E-state index in [2.05, 4.69) is 98.2 Å². The molecule has 1 heterocycles. The van der Waals surface area contributed by atoms with Crippen molar-refractivity contribution in [3.63, 3.8) is 0 Å². The Morgan fingerprint density at radius 2 is 0.844 bits per heavy atom. The summed E-state index contributed by atoms with van der Waals surface area (Å²) in [5, 5.41) is 0. The number of ether oxygens (including phenoxy) is 1. The van der Waals surface area contributed by atoms with Crippen molar-refractivity contribution in [1.29, 1.82) is 0 Å². The molecule has 0 saturated carbocycles. The molecule has 32 heavy (non-hydrogen) atoms. The first-order chi connectivity index (χ1) is 14.0. The standard InChI is InChI=1S/C21H52O6Si5/c1-28(2,3)22-16-17-18(24-29(4,5)6)19(25-30(7,8)9)20(26-31(10,11)12)21(23-17)27-32(13,14)15/h17-21H,16H2,1-15H3/t17?,18-,19+,20?,21?/m1/s1. The van der Waals surface area contributed by atoms with Gasteiger partial charge in [-0.25, -0.2) is 0 Å². The zero-order valence-electron chi connectivity index (χ0n) is 23.5. The van der Waals surface area contributed by atoms with Crippen molar-refractivity contribution in [2.75, 3.05) is 6.61 Å². The van der Waals surface area contributed by atoms with Gasteiger partial charge in [-0.3, -0.25) is 0 Å². The van der Waals surface area contributed by atoms with Gasteiger partial charge < -0.3 is 26.9 Å². The second kappa shape index (κ2) is 10.8. The predicted octanol–water partition coefficient (Wildman–Crippen LogP) is 6.07. The number of rotatable bonds is 11. The van der Waals surface area contributed by atoms with Gasteiger partial charge in [0.25, 0.3) is 0 Å². The van der Waals surface area contributed by atoms with Crippen molar-refractivity contribution >= 4 is 41.6 Å². The molecule has 11 heteroatoms. The van der Waals surface area contributed by atoms with Crippen LogP contribution in [0.1, 0.15) is 0 Å². The third-order valence-electron chi connectivity index (χ3n) is 4.21. The third-order valence-corrected chi connectivity index (χ3v) is 9.12. The predicted molar refractivity (Wildman–Crippen MR) is 147 cm³/mol. The van der Waals surface area contributed by atoms with E-state index in [1.54, 1.807) is 0 Å². The Hall–Kier alpha value is 0.844. The highest BCUT2D eigenvalue weighted by molar-refractivity contribution is 6.71. The van der Waals surface area contributed by atoms with E-state index in [9.17, 15) is 0 Å². The summed E-state index contributed by atoms with van der Waals surface area (Å²) < 4.78 is 39.9. The van der Waals surface area contributed by atoms with Crippen molar-refractivity contribution in [2.24, 2.45) is 0 Å². The Morgan fingerprint density at radius 3 is 1.22 bits per heavy atom. The van der Waals surface area contributed by atoms with Crippen LogP contribution in [0.5, 0.6) is 0 Å². The number of hydrogen-bond acceptors (Lipinski definition) is 6. The Kier molecular flexibility index (Phi) is 10.5. The van der Waals surface area contributed by atoms with E-state index >= 15 is 0 Å². The van der Waals surface area contributed by atoms with Gasteiger partial charge in [-0.2, -0.15) is 0 Å². The normalized spacial score (nSPS) is 28.8. The van der Waals surface area contributed by atoms with Crippen molar-refractivity contribution in [3.05, 3.63) is 0 Å². The second-order valence-electron chi connectivity index (χ2n) is 13.8. The van der Waals surface area contributed by atoms with Crippen LogP contribution < -0.4 is 0 Å². The van der Waals surface area contributed by atoms with Crippen LogP contribution in [0.3, 0.4) is 0 Å². The molecule has 5 atom stereocenters. The second-order valence-corrected chi connectivity index (χ2v) is 36.1. The molecular formula is C21H52O6Si5. The highest BCUT2D eigenvalue weighted by Gasteiger charge is 2.52. The number of hydrogen-bond donors (Lipinski definition) is 0. The van der Waals surface area contributed by atoms with Crippen molar-refractivity contribution in [3.8, 4) is 0 Å². The molecule has 0 aromatic carbocycles. The topological polar surface area (TPSA) is 55.4 Å². The van der Waals surface area contributed by atoms with Crippen molar-refractivity contribution in [1.82, 2.24) is 0 Å². The summed E-state index contributed by atoms with van der Waals surface area (Å²) in [4.78, 5) is 0. The lowest BCUT2D eigenvalue weighted by Crippen LogP contribution is -2.67. The first-order valence-corrected chi connectivity index (χ1v) is 29.0. The van der Waals surface area contributed by atoms with Gasteiger partial charge in [-0.1, -0.05) is 0 Å².